The van der Waals surface area contributed by atoms with Crippen molar-refractivity contribution in [3.8, 4) is 0 Å². The fraction of sp³-hybridized carbons (Fsp3) is 0.417. The second-order valence-electron chi connectivity index (χ2n) is 7.62. The average molecular weight is 398 g/mol. The lowest BCUT2D eigenvalue weighted by molar-refractivity contribution is -0.180. The summed E-state index contributed by atoms with van der Waals surface area (Å²) >= 11 is 0. The molecule has 0 saturated carbocycles. The molecular formula is C24H30O5. The van der Waals surface area contributed by atoms with E-state index in [9.17, 15) is 14.7 Å². The van der Waals surface area contributed by atoms with Gasteiger partial charge >= 0.3 is 11.9 Å². The highest BCUT2D eigenvalue weighted by atomic mass is 16.6. The molecule has 5 nitrogen and oxygen atoms in total. The lowest BCUT2D eigenvalue weighted by atomic mass is 9.84. The smallest absolute Gasteiger partial charge is 0.339 e. The Hall–Kier alpha value is -2.66. The Bertz CT molecular complexity index is 810. The molecule has 0 fully saturated rings. The van der Waals surface area contributed by atoms with E-state index in [-0.39, 0.29) is 13.2 Å². The van der Waals surface area contributed by atoms with Gasteiger partial charge in [-0.2, -0.15) is 0 Å². The van der Waals surface area contributed by atoms with Crippen molar-refractivity contribution < 1.29 is 24.2 Å². The molecule has 2 unspecified atom stereocenters. The van der Waals surface area contributed by atoms with E-state index in [2.05, 4.69) is 0 Å². The molecule has 0 aromatic heterocycles. The Labute approximate surface area is 172 Å². The first-order chi connectivity index (χ1) is 13.7. The maximum atomic E-state index is 12.7. The van der Waals surface area contributed by atoms with Crippen molar-refractivity contribution in [2.24, 2.45) is 5.92 Å². The van der Waals surface area contributed by atoms with Gasteiger partial charge in [0.15, 0.2) is 5.60 Å². The van der Waals surface area contributed by atoms with Crippen LogP contribution in [0, 0.1) is 19.8 Å². The average Bonchev–Trinajstić information content (AvgIpc) is 2.71. The second kappa shape index (κ2) is 10.2. The van der Waals surface area contributed by atoms with E-state index in [1.54, 1.807) is 6.92 Å². The van der Waals surface area contributed by atoms with Crippen LogP contribution in [0.25, 0.3) is 0 Å². The second-order valence-corrected chi connectivity index (χ2v) is 7.62. The van der Waals surface area contributed by atoms with Gasteiger partial charge in [0.1, 0.15) is 13.2 Å². The number of hydrogen-bond acceptors (Lipinski definition) is 5. The molecule has 2 atom stereocenters. The number of ether oxygens (including phenoxy) is 2. The highest BCUT2D eigenvalue weighted by Gasteiger charge is 2.44. The predicted octanol–water partition coefficient (Wildman–Crippen LogP) is 4.26. The molecule has 156 valence electrons. The van der Waals surface area contributed by atoms with Crippen LogP contribution in [-0.2, 0) is 32.3 Å². The fourth-order valence-corrected chi connectivity index (χ4v) is 2.86. The van der Waals surface area contributed by atoms with Gasteiger partial charge in [0.25, 0.3) is 0 Å². The Morgan fingerprint density at radius 3 is 1.79 bits per heavy atom. The highest BCUT2D eigenvalue weighted by molar-refractivity contribution is 5.86. The van der Waals surface area contributed by atoms with Crippen LogP contribution in [0.1, 0.15) is 48.9 Å². The van der Waals surface area contributed by atoms with Gasteiger partial charge in [-0.1, -0.05) is 79.9 Å². The van der Waals surface area contributed by atoms with E-state index in [0.29, 0.717) is 6.42 Å². The fourth-order valence-electron chi connectivity index (χ4n) is 2.86. The standard InChI is InChI=1S/C24H30O5/c1-5-19(4)24(27,23(26)29-16-21-12-8-18(3)9-13-21)14-22(25)28-15-20-10-6-17(2)7-11-20/h6-13,19,27H,5,14-16H2,1-4H3. The van der Waals surface area contributed by atoms with E-state index in [1.165, 1.54) is 0 Å². The largest absolute Gasteiger partial charge is 0.461 e. The molecule has 2 rings (SSSR count). The van der Waals surface area contributed by atoms with Crippen LogP contribution < -0.4 is 0 Å². The molecule has 0 aliphatic carbocycles. The quantitative estimate of drug-likeness (QED) is 0.639. The third kappa shape index (κ3) is 6.43. The number of carbonyl (C=O) groups is 2. The van der Waals surface area contributed by atoms with Crippen molar-refractivity contribution in [1.29, 1.82) is 0 Å². The van der Waals surface area contributed by atoms with Crippen LogP contribution in [-0.4, -0.2) is 22.6 Å². The predicted molar refractivity (Wildman–Crippen MR) is 111 cm³/mol. The summed E-state index contributed by atoms with van der Waals surface area (Å²) in [5.74, 6) is -1.90. The SMILES string of the molecule is CCC(C)C(O)(CC(=O)OCc1ccc(C)cc1)C(=O)OCc1ccc(C)cc1. The van der Waals surface area contributed by atoms with Crippen LogP contribution in [0.3, 0.4) is 0 Å². The number of benzene rings is 2. The monoisotopic (exact) mass is 398 g/mol. The third-order valence-corrected chi connectivity index (χ3v) is 5.21. The van der Waals surface area contributed by atoms with Crippen LogP contribution in [0.2, 0.25) is 0 Å². The van der Waals surface area contributed by atoms with Gasteiger partial charge in [0, 0.05) is 0 Å². The van der Waals surface area contributed by atoms with E-state index >= 15 is 0 Å². The van der Waals surface area contributed by atoms with Crippen molar-refractivity contribution in [1.82, 2.24) is 0 Å². The van der Waals surface area contributed by atoms with Gasteiger partial charge in [-0.25, -0.2) is 4.79 Å². The summed E-state index contributed by atoms with van der Waals surface area (Å²) in [6.45, 7) is 7.65. The molecule has 5 heteroatoms. The van der Waals surface area contributed by atoms with Crippen LogP contribution in [0.15, 0.2) is 48.5 Å². The number of hydrogen-bond donors (Lipinski definition) is 1. The number of esters is 2. The zero-order valence-corrected chi connectivity index (χ0v) is 17.6. The Morgan fingerprint density at radius 2 is 1.34 bits per heavy atom. The molecule has 0 heterocycles. The molecule has 29 heavy (non-hydrogen) atoms. The Balaban J connectivity index is 1.99. The zero-order chi connectivity index (χ0) is 21.4. The first-order valence-electron chi connectivity index (χ1n) is 9.91. The van der Waals surface area contributed by atoms with Crippen molar-refractivity contribution in [3.05, 3.63) is 70.8 Å². The van der Waals surface area contributed by atoms with Gasteiger partial charge in [0.2, 0.25) is 0 Å². The van der Waals surface area contributed by atoms with E-state index in [1.807, 2.05) is 69.3 Å². The first-order valence-corrected chi connectivity index (χ1v) is 9.91. The van der Waals surface area contributed by atoms with Gasteiger partial charge in [-0.3, -0.25) is 4.79 Å². The minimum Gasteiger partial charge on any atom is -0.461 e. The minimum absolute atomic E-state index is 0.0380. The molecule has 0 bridgehead atoms. The topological polar surface area (TPSA) is 72.8 Å². The van der Waals surface area contributed by atoms with Crippen molar-refractivity contribution in [2.45, 2.75) is 59.4 Å². The number of rotatable bonds is 9. The zero-order valence-electron chi connectivity index (χ0n) is 17.6. The van der Waals surface area contributed by atoms with Crippen LogP contribution >= 0.6 is 0 Å². The van der Waals surface area contributed by atoms with Gasteiger partial charge in [-0.05, 0) is 30.9 Å². The summed E-state index contributed by atoms with van der Waals surface area (Å²) in [6.07, 6.45) is 0.0714. The molecule has 0 aliphatic heterocycles. The minimum atomic E-state index is -1.93. The number of carbonyl (C=O) groups excluding carboxylic acids is 2. The molecule has 0 spiro atoms. The molecule has 0 aliphatic rings. The Kier molecular flexibility index (Phi) is 7.97. The maximum absolute atomic E-state index is 12.7. The summed E-state index contributed by atoms with van der Waals surface area (Å²) in [6, 6.07) is 15.2. The van der Waals surface area contributed by atoms with Gasteiger partial charge < -0.3 is 14.6 Å². The molecule has 2 aromatic carbocycles. The van der Waals surface area contributed by atoms with Crippen molar-refractivity contribution in [2.75, 3.05) is 0 Å². The van der Waals surface area contributed by atoms with E-state index < -0.39 is 29.9 Å². The van der Waals surface area contributed by atoms with Gasteiger partial charge in [-0.15, -0.1) is 0 Å². The normalized spacial score (nSPS) is 14.0. The van der Waals surface area contributed by atoms with Crippen LogP contribution in [0.4, 0.5) is 0 Å². The lowest BCUT2D eigenvalue weighted by Gasteiger charge is -2.30. The van der Waals surface area contributed by atoms with E-state index in [0.717, 1.165) is 22.3 Å². The summed E-state index contributed by atoms with van der Waals surface area (Å²) in [5, 5.41) is 11.0. The molecule has 1 N–H and O–H groups in total. The van der Waals surface area contributed by atoms with Crippen molar-refractivity contribution in [3.63, 3.8) is 0 Å². The summed E-state index contributed by atoms with van der Waals surface area (Å²) in [4.78, 5) is 25.0. The summed E-state index contributed by atoms with van der Waals surface area (Å²) < 4.78 is 10.6. The first kappa shape index (κ1) is 22.6. The van der Waals surface area contributed by atoms with E-state index in [4.69, 9.17) is 9.47 Å². The summed E-state index contributed by atoms with van der Waals surface area (Å²) in [7, 11) is 0. The molecular weight excluding hydrogens is 368 g/mol. The van der Waals surface area contributed by atoms with Crippen molar-refractivity contribution >= 4 is 11.9 Å². The maximum Gasteiger partial charge on any atom is 0.339 e. The molecule has 0 radical (unpaired) electrons. The lowest BCUT2D eigenvalue weighted by Crippen LogP contribution is -2.47. The molecule has 2 aromatic rings. The van der Waals surface area contributed by atoms with Gasteiger partial charge in [0.05, 0.1) is 6.42 Å². The molecule has 0 amide bonds. The summed E-state index contributed by atoms with van der Waals surface area (Å²) in [5.41, 5.74) is 1.95. The molecule has 0 saturated heterocycles. The Morgan fingerprint density at radius 1 is 0.897 bits per heavy atom. The number of aryl methyl sites for hydroxylation is 2. The van der Waals surface area contributed by atoms with Crippen LogP contribution in [0.5, 0.6) is 0 Å². The number of aliphatic hydroxyl groups is 1. The third-order valence-electron chi connectivity index (χ3n) is 5.21. The highest BCUT2D eigenvalue weighted by Crippen LogP contribution is 2.27.